The number of anilines is 3. The molecule has 6 rings (SSSR count). The lowest BCUT2D eigenvalue weighted by molar-refractivity contribution is 0.714. The Labute approximate surface area is 197 Å². The maximum Gasteiger partial charge on any atom is 0.0490 e. The van der Waals surface area contributed by atoms with E-state index in [1.807, 2.05) is 0 Å². The molecule has 33 heavy (non-hydrogen) atoms. The number of fused-ring (bicyclic) bond motifs is 5. The number of nitrogens with zero attached hydrogens (tertiary/aromatic N) is 1. The molecule has 0 aliphatic heterocycles. The predicted molar refractivity (Wildman–Crippen MR) is 140 cm³/mol. The van der Waals surface area contributed by atoms with Crippen LogP contribution in [-0.4, -0.2) is 0 Å². The van der Waals surface area contributed by atoms with Gasteiger partial charge in [0.05, 0.1) is 0 Å². The summed E-state index contributed by atoms with van der Waals surface area (Å²) in [6.07, 6.45) is 4.14. The molecule has 0 radical (unpaired) electrons. The van der Waals surface area contributed by atoms with Gasteiger partial charge in [0.15, 0.2) is 0 Å². The fraction of sp³-hybridized carbons (Fsp3) is 0.250. The summed E-state index contributed by atoms with van der Waals surface area (Å²) in [7, 11) is 0. The molecule has 2 aliphatic carbocycles. The SMILES string of the molecule is Cc1ccccc1N(c1ccc(-c2cc(C)c3c(c2)C2CCC3C2)cc1)c1ccccc1C. The third-order valence-corrected chi connectivity index (χ3v) is 7.87. The first-order valence-electron chi connectivity index (χ1n) is 12.3. The summed E-state index contributed by atoms with van der Waals surface area (Å²) in [5.41, 5.74) is 13.6. The summed E-state index contributed by atoms with van der Waals surface area (Å²) in [6.45, 7) is 6.70. The van der Waals surface area contributed by atoms with Crippen molar-refractivity contribution in [3.05, 3.63) is 113 Å². The number of hydrogen-bond donors (Lipinski definition) is 0. The lowest BCUT2D eigenvalue weighted by Gasteiger charge is -2.28. The number of para-hydroxylation sites is 2. The molecule has 2 unspecified atom stereocenters. The third kappa shape index (κ3) is 3.38. The minimum Gasteiger partial charge on any atom is -0.310 e. The van der Waals surface area contributed by atoms with Crippen LogP contribution in [0.4, 0.5) is 17.1 Å². The van der Waals surface area contributed by atoms with Crippen molar-refractivity contribution in [3.63, 3.8) is 0 Å². The Balaban J connectivity index is 1.42. The molecule has 0 N–H and O–H groups in total. The molecule has 1 nitrogen and oxygen atoms in total. The number of aryl methyl sites for hydroxylation is 3. The zero-order chi connectivity index (χ0) is 22.5. The molecular formula is C32H31N. The van der Waals surface area contributed by atoms with E-state index in [0.717, 1.165) is 11.8 Å². The highest BCUT2D eigenvalue weighted by atomic mass is 15.1. The molecule has 1 saturated carbocycles. The highest BCUT2D eigenvalue weighted by molar-refractivity contribution is 5.81. The summed E-state index contributed by atoms with van der Waals surface area (Å²) >= 11 is 0. The van der Waals surface area contributed by atoms with Gasteiger partial charge in [-0.25, -0.2) is 0 Å². The van der Waals surface area contributed by atoms with Crippen LogP contribution in [0.25, 0.3) is 11.1 Å². The van der Waals surface area contributed by atoms with Gasteiger partial charge in [0, 0.05) is 17.1 Å². The first-order valence-corrected chi connectivity index (χ1v) is 12.3. The molecule has 0 spiro atoms. The van der Waals surface area contributed by atoms with Crippen molar-refractivity contribution in [2.24, 2.45) is 0 Å². The van der Waals surface area contributed by atoms with Crippen LogP contribution in [-0.2, 0) is 0 Å². The number of hydrogen-bond acceptors (Lipinski definition) is 1. The molecule has 2 atom stereocenters. The molecule has 0 saturated heterocycles. The van der Waals surface area contributed by atoms with Crippen molar-refractivity contribution in [1.82, 2.24) is 0 Å². The molecule has 0 aromatic heterocycles. The highest BCUT2D eigenvalue weighted by Crippen LogP contribution is 2.54. The summed E-state index contributed by atoms with van der Waals surface area (Å²) < 4.78 is 0. The quantitative estimate of drug-likeness (QED) is 0.313. The fourth-order valence-electron chi connectivity index (χ4n) is 6.25. The average Bonchev–Trinajstić information content (AvgIpc) is 3.45. The van der Waals surface area contributed by atoms with E-state index in [4.69, 9.17) is 0 Å². The Morgan fingerprint density at radius 1 is 0.606 bits per heavy atom. The van der Waals surface area contributed by atoms with Crippen LogP contribution in [0, 0.1) is 20.8 Å². The Kier molecular flexibility index (Phi) is 4.87. The standard InChI is InChI=1S/C32H31N/c1-21-8-4-6-10-30(21)33(31-11-7-5-9-22(31)2)28-16-14-24(15-17-28)27-18-23(3)32-26-13-12-25(19-26)29(32)20-27/h4-11,14-18,20,25-26H,12-13,19H2,1-3H3. The Morgan fingerprint density at radius 2 is 1.21 bits per heavy atom. The summed E-state index contributed by atoms with van der Waals surface area (Å²) in [4.78, 5) is 2.39. The van der Waals surface area contributed by atoms with Crippen molar-refractivity contribution in [2.75, 3.05) is 4.90 Å². The average molecular weight is 430 g/mol. The maximum atomic E-state index is 2.49. The van der Waals surface area contributed by atoms with Crippen LogP contribution < -0.4 is 4.90 Å². The molecule has 1 heteroatoms. The molecule has 0 amide bonds. The molecule has 4 aromatic carbocycles. The molecule has 4 aromatic rings. The lowest BCUT2D eigenvalue weighted by atomic mass is 9.86. The van der Waals surface area contributed by atoms with E-state index in [0.29, 0.717) is 0 Å². The zero-order valence-electron chi connectivity index (χ0n) is 19.8. The second-order valence-electron chi connectivity index (χ2n) is 9.96. The molecule has 2 bridgehead atoms. The van der Waals surface area contributed by atoms with Crippen LogP contribution in [0.15, 0.2) is 84.9 Å². The van der Waals surface area contributed by atoms with Crippen LogP contribution in [0.3, 0.4) is 0 Å². The summed E-state index contributed by atoms with van der Waals surface area (Å²) in [5, 5.41) is 0. The van der Waals surface area contributed by atoms with E-state index in [-0.39, 0.29) is 0 Å². The second kappa shape index (κ2) is 7.92. The van der Waals surface area contributed by atoms with Gasteiger partial charge in [-0.15, -0.1) is 0 Å². The van der Waals surface area contributed by atoms with Crippen molar-refractivity contribution in [2.45, 2.75) is 51.9 Å². The van der Waals surface area contributed by atoms with Gasteiger partial charge < -0.3 is 4.90 Å². The van der Waals surface area contributed by atoms with Crippen molar-refractivity contribution in [3.8, 4) is 11.1 Å². The normalized spacial score (nSPS) is 18.4. The van der Waals surface area contributed by atoms with Gasteiger partial charge in [-0.2, -0.15) is 0 Å². The van der Waals surface area contributed by atoms with E-state index in [9.17, 15) is 0 Å². The van der Waals surface area contributed by atoms with Crippen molar-refractivity contribution in [1.29, 1.82) is 0 Å². The monoisotopic (exact) mass is 429 g/mol. The van der Waals surface area contributed by atoms with E-state index < -0.39 is 0 Å². The predicted octanol–water partition coefficient (Wildman–Crippen LogP) is 9.11. The van der Waals surface area contributed by atoms with Crippen LogP contribution >= 0.6 is 0 Å². The Hall–Kier alpha value is -3.32. The summed E-state index contributed by atoms with van der Waals surface area (Å²) in [6, 6.07) is 31.4. The molecule has 0 heterocycles. The minimum atomic E-state index is 0.792. The van der Waals surface area contributed by atoms with Gasteiger partial charge in [0.1, 0.15) is 0 Å². The molecular weight excluding hydrogens is 398 g/mol. The zero-order valence-corrected chi connectivity index (χ0v) is 19.8. The van der Waals surface area contributed by atoms with Gasteiger partial charge in [0.25, 0.3) is 0 Å². The third-order valence-electron chi connectivity index (χ3n) is 7.87. The van der Waals surface area contributed by atoms with E-state index in [1.165, 1.54) is 64.1 Å². The first-order chi connectivity index (χ1) is 16.1. The van der Waals surface area contributed by atoms with Gasteiger partial charge in [-0.3, -0.25) is 0 Å². The van der Waals surface area contributed by atoms with Crippen LogP contribution in [0.2, 0.25) is 0 Å². The number of benzene rings is 4. The first kappa shape index (κ1) is 20.3. The van der Waals surface area contributed by atoms with E-state index in [2.05, 4.69) is 111 Å². The smallest absolute Gasteiger partial charge is 0.0490 e. The largest absolute Gasteiger partial charge is 0.310 e. The molecule has 2 aliphatic rings. The molecule has 164 valence electrons. The Bertz CT molecular complexity index is 1290. The van der Waals surface area contributed by atoms with E-state index >= 15 is 0 Å². The van der Waals surface area contributed by atoms with Crippen molar-refractivity contribution >= 4 is 17.1 Å². The van der Waals surface area contributed by atoms with Crippen molar-refractivity contribution < 1.29 is 0 Å². The minimum absolute atomic E-state index is 0.792. The Morgan fingerprint density at radius 3 is 1.85 bits per heavy atom. The van der Waals surface area contributed by atoms with Gasteiger partial charge >= 0.3 is 0 Å². The van der Waals surface area contributed by atoms with Crippen LogP contribution in [0.1, 0.15) is 58.9 Å². The van der Waals surface area contributed by atoms with E-state index in [1.54, 1.807) is 11.1 Å². The second-order valence-corrected chi connectivity index (χ2v) is 9.96. The maximum absolute atomic E-state index is 2.49. The van der Waals surface area contributed by atoms with Gasteiger partial charge in [-0.1, -0.05) is 60.7 Å². The lowest BCUT2D eigenvalue weighted by Crippen LogP contribution is -2.12. The highest BCUT2D eigenvalue weighted by Gasteiger charge is 2.37. The van der Waals surface area contributed by atoms with Gasteiger partial charge in [0.2, 0.25) is 0 Å². The van der Waals surface area contributed by atoms with Gasteiger partial charge in [-0.05, 0) is 115 Å². The fourth-order valence-corrected chi connectivity index (χ4v) is 6.25. The molecule has 1 fully saturated rings. The number of rotatable bonds is 4. The topological polar surface area (TPSA) is 3.24 Å². The summed E-state index contributed by atoms with van der Waals surface area (Å²) in [5.74, 6) is 1.61. The van der Waals surface area contributed by atoms with Crippen LogP contribution in [0.5, 0.6) is 0 Å².